The first-order valence-corrected chi connectivity index (χ1v) is 11.8. The molecule has 0 bridgehead atoms. The number of hydrogen-bond acceptors (Lipinski definition) is 12. The lowest BCUT2D eigenvalue weighted by atomic mass is 9.99. The SMILES string of the molecule is COc1cc([C@H](O)[C@H](CO)Oc2ccc(/C=C\CO[C@@H]3O[C@H](CO)[C@@H](O)[C@H](O)[C@H]3O)cc2OC)ccc1O. The third-order valence-electron chi connectivity index (χ3n) is 6.06. The van der Waals surface area contributed by atoms with Gasteiger partial charge >= 0.3 is 0 Å². The van der Waals surface area contributed by atoms with Crippen LogP contribution in [0.5, 0.6) is 23.0 Å². The highest BCUT2D eigenvalue weighted by Crippen LogP contribution is 2.34. The Balaban J connectivity index is 1.63. The second kappa shape index (κ2) is 13.7. The van der Waals surface area contributed by atoms with Crippen molar-refractivity contribution in [3.8, 4) is 23.0 Å². The highest BCUT2D eigenvalue weighted by atomic mass is 16.7. The number of ether oxygens (including phenoxy) is 5. The van der Waals surface area contributed by atoms with Crippen molar-refractivity contribution in [2.45, 2.75) is 42.9 Å². The van der Waals surface area contributed by atoms with Crippen LogP contribution in [0.15, 0.2) is 42.5 Å². The number of hydrogen-bond donors (Lipinski definition) is 7. The van der Waals surface area contributed by atoms with Gasteiger partial charge in [-0.15, -0.1) is 0 Å². The Morgan fingerprint density at radius 2 is 1.66 bits per heavy atom. The molecule has 1 aliphatic heterocycles. The van der Waals surface area contributed by atoms with E-state index in [9.17, 15) is 35.7 Å². The van der Waals surface area contributed by atoms with Crippen molar-refractivity contribution in [3.05, 3.63) is 53.6 Å². The molecule has 0 unspecified atom stereocenters. The van der Waals surface area contributed by atoms with E-state index in [1.165, 1.54) is 32.4 Å². The topological polar surface area (TPSA) is 188 Å². The molecule has 3 rings (SSSR count). The predicted molar refractivity (Wildman–Crippen MR) is 133 cm³/mol. The van der Waals surface area contributed by atoms with Crippen LogP contribution in [-0.4, -0.2) is 107 Å². The summed E-state index contributed by atoms with van der Waals surface area (Å²) in [6.45, 7) is -1.07. The molecule has 0 radical (unpaired) electrons. The number of phenolic OH excluding ortho intramolecular Hbond substituents is 1. The average molecular weight is 539 g/mol. The molecule has 0 amide bonds. The fourth-order valence-electron chi connectivity index (χ4n) is 3.88. The van der Waals surface area contributed by atoms with Crippen molar-refractivity contribution >= 4 is 6.08 Å². The van der Waals surface area contributed by atoms with E-state index in [0.717, 1.165) is 0 Å². The van der Waals surface area contributed by atoms with E-state index in [4.69, 9.17) is 23.7 Å². The Labute approximate surface area is 219 Å². The standard InChI is InChI=1S/C26H34O12/c1-34-18-11-15(6-7-16(18)29)22(30)20(12-27)37-17-8-5-14(10-19(17)35-2)4-3-9-36-26-25(33)24(32)23(31)21(13-28)38-26/h3-8,10-11,20-33H,9,12-13H2,1-2H3/b4-3-/t20-,21+,22-,23+,24-,25+,26+/m0/s1. The quantitative estimate of drug-likeness (QED) is 0.187. The van der Waals surface area contributed by atoms with Gasteiger partial charge in [0.15, 0.2) is 35.4 Å². The number of benzene rings is 2. The minimum atomic E-state index is -1.52. The maximum Gasteiger partial charge on any atom is 0.187 e. The van der Waals surface area contributed by atoms with Gasteiger partial charge in [-0.05, 0) is 35.4 Å². The molecule has 12 nitrogen and oxygen atoms in total. The molecule has 1 fully saturated rings. The number of methoxy groups -OCH3 is 2. The van der Waals surface area contributed by atoms with Gasteiger partial charge in [0.25, 0.3) is 0 Å². The van der Waals surface area contributed by atoms with Crippen LogP contribution in [0.25, 0.3) is 6.08 Å². The van der Waals surface area contributed by atoms with Gasteiger partial charge in [0.1, 0.15) is 30.5 Å². The van der Waals surface area contributed by atoms with Gasteiger partial charge < -0.3 is 59.4 Å². The first-order valence-electron chi connectivity index (χ1n) is 11.8. The second-order valence-electron chi connectivity index (χ2n) is 8.56. The zero-order valence-corrected chi connectivity index (χ0v) is 21.0. The van der Waals surface area contributed by atoms with Crippen molar-refractivity contribution < 1.29 is 59.4 Å². The van der Waals surface area contributed by atoms with Gasteiger partial charge in [-0.2, -0.15) is 0 Å². The van der Waals surface area contributed by atoms with Crippen LogP contribution >= 0.6 is 0 Å². The monoisotopic (exact) mass is 538 g/mol. The average Bonchev–Trinajstić information content (AvgIpc) is 2.94. The van der Waals surface area contributed by atoms with E-state index in [0.29, 0.717) is 16.9 Å². The lowest BCUT2D eigenvalue weighted by Crippen LogP contribution is -2.59. The fourth-order valence-corrected chi connectivity index (χ4v) is 3.88. The maximum atomic E-state index is 10.7. The van der Waals surface area contributed by atoms with E-state index >= 15 is 0 Å². The summed E-state index contributed by atoms with van der Waals surface area (Å²) in [6.07, 6.45) is -5.75. The highest BCUT2D eigenvalue weighted by Gasteiger charge is 2.43. The van der Waals surface area contributed by atoms with Crippen LogP contribution in [0, 0.1) is 0 Å². The number of aromatic hydroxyl groups is 1. The van der Waals surface area contributed by atoms with Gasteiger partial charge in [0.2, 0.25) is 0 Å². The molecule has 0 spiro atoms. The van der Waals surface area contributed by atoms with Crippen LogP contribution in [-0.2, 0) is 9.47 Å². The van der Waals surface area contributed by atoms with Crippen LogP contribution < -0.4 is 14.2 Å². The Bertz CT molecular complexity index is 1060. The molecule has 1 heterocycles. The number of phenols is 1. The van der Waals surface area contributed by atoms with Crippen molar-refractivity contribution in [1.82, 2.24) is 0 Å². The molecule has 0 saturated carbocycles. The van der Waals surface area contributed by atoms with Crippen molar-refractivity contribution in [2.75, 3.05) is 34.0 Å². The molecule has 7 atom stereocenters. The molecule has 2 aromatic carbocycles. The Hall–Kier alpha value is -2.94. The highest BCUT2D eigenvalue weighted by molar-refractivity contribution is 5.56. The smallest absolute Gasteiger partial charge is 0.187 e. The molecular formula is C26H34O12. The fraction of sp³-hybridized carbons (Fsp3) is 0.462. The molecule has 2 aromatic rings. The van der Waals surface area contributed by atoms with Crippen molar-refractivity contribution in [1.29, 1.82) is 0 Å². The van der Waals surface area contributed by atoms with E-state index in [1.807, 2.05) is 0 Å². The Morgan fingerprint density at radius 1 is 0.921 bits per heavy atom. The zero-order chi connectivity index (χ0) is 27.8. The van der Waals surface area contributed by atoms with Gasteiger partial charge in [0.05, 0.1) is 34.0 Å². The predicted octanol–water partition coefficient (Wildman–Crippen LogP) is -0.288. The van der Waals surface area contributed by atoms with Crippen molar-refractivity contribution in [3.63, 3.8) is 0 Å². The first kappa shape index (κ1) is 29.6. The lowest BCUT2D eigenvalue weighted by molar-refractivity contribution is -0.298. The molecule has 1 aliphatic rings. The minimum Gasteiger partial charge on any atom is -0.504 e. The molecule has 0 aromatic heterocycles. The van der Waals surface area contributed by atoms with E-state index < -0.39 is 56.1 Å². The summed E-state index contributed by atoms with van der Waals surface area (Å²) in [6, 6.07) is 9.27. The molecule has 1 saturated heterocycles. The van der Waals surface area contributed by atoms with Crippen LogP contribution in [0.1, 0.15) is 17.2 Å². The maximum absolute atomic E-state index is 10.7. The third kappa shape index (κ3) is 6.92. The molecule has 12 heteroatoms. The summed E-state index contributed by atoms with van der Waals surface area (Å²) in [5.41, 5.74) is 1.06. The largest absolute Gasteiger partial charge is 0.504 e. The number of aliphatic hydroxyl groups excluding tert-OH is 6. The molecule has 210 valence electrons. The Kier molecular flexibility index (Phi) is 10.7. The summed E-state index contributed by atoms with van der Waals surface area (Å²) >= 11 is 0. The zero-order valence-electron chi connectivity index (χ0n) is 21.0. The van der Waals surface area contributed by atoms with Crippen LogP contribution in [0.2, 0.25) is 0 Å². The van der Waals surface area contributed by atoms with Crippen LogP contribution in [0.4, 0.5) is 0 Å². The third-order valence-corrected chi connectivity index (χ3v) is 6.06. The molecule has 38 heavy (non-hydrogen) atoms. The normalized spacial score (nSPS) is 25.2. The van der Waals surface area contributed by atoms with Crippen molar-refractivity contribution in [2.24, 2.45) is 0 Å². The Morgan fingerprint density at radius 3 is 2.32 bits per heavy atom. The van der Waals surface area contributed by atoms with E-state index in [-0.39, 0.29) is 23.9 Å². The van der Waals surface area contributed by atoms with Gasteiger partial charge in [0, 0.05) is 0 Å². The summed E-state index contributed by atoms with van der Waals surface area (Å²) in [5, 5.41) is 69.3. The summed E-state index contributed by atoms with van der Waals surface area (Å²) in [7, 11) is 2.82. The van der Waals surface area contributed by atoms with Gasteiger partial charge in [-0.3, -0.25) is 0 Å². The molecule has 0 aliphatic carbocycles. The first-order chi connectivity index (χ1) is 18.2. The van der Waals surface area contributed by atoms with Gasteiger partial charge in [-0.1, -0.05) is 24.3 Å². The lowest BCUT2D eigenvalue weighted by Gasteiger charge is -2.39. The molecule has 7 N–H and O–H groups in total. The molecular weight excluding hydrogens is 504 g/mol. The van der Waals surface area contributed by atoms with E-state index in [2.05, 4.69) is 0 Å². The second-order valence-corrected chi connectivity index (χ2v) is 8.56. The minimum absolute atomic E-state index is 0.0157. The number of rotatable bonds is 12. The summed E-state index contributed by atoms with van der Waals surface area (Å²) in [4.78, 5) is 0. The summed E-state index contributed by atoms with van der Waals surface area (Å²) in [5.74, 6) is 0.679. The number of aliphatic hydroxyl groups is 6. The summed E-state index contributed by atoms with van der Waals surface area (Å²) < 4.78 is 27.0. The van der Waals surface area contributed by atoms with Crippen LogP contribution in [0.3, 0.4) is 0 Å². The van der Waals surface area contributed by atoms with Gasteiger partial charge in [-0.25, -0.2) is 0 Å². The van der Waals surface area contributed by atoms with E-state index in [1.54, 1.807) is 30.4 Å².